The average Bonchev–Trinajstić information content (AvgIpc) is 3.19. The zero-order chi connectivity index (χ0) is 26.0. The molecule has 0 saturated heterocycles. The summed E-state index contributed by atoms with van der Waals surface area (Å²) in [6.07, 6.45) is -4.66. The summed E-state index contributed by atoms with van der Waals surface area (Å²) in [7, 11) is 0. The second kappa shape index (κ2) is 10.5. The van der Waals surface area contributed by atoms with Crippen molar-refractivity contribution in [2.24, 2.45) is 0 Å². The molecule has 3 aromatic rings. The largest absolute Gasteiger partial charge is 0.417 e. The van der Waals surface area contributed by atoms with Gasteiger partial charge in [0.25, 0.3) is 0 Å². The molecule has 0 unspecified atom stereocenters. The van der Waals surface area contributed by atoms with Gasteiger partial charge in [0.2, 0.25) is 11.1 Å². The molecule has 2 N–H and O–H groups in total. The summed E-state index contributed by atoms with van der Waals surface area (Å²) in [5, 5.41) is 23.2. The number of aliphatic hydroxyl groups is 1. The number of carbonyl (C=O) groups excluding carboxylic acids is 1. The van der Waals surface area contributed by atoms with Gasteiger partial charge in [-0.25, -0.2) is 0 Å². The highest BCUT2D eigenvalue weighted by molar-refractivity contribution is 7.99. The number of nitrogens with one attached hydrogen (secondary N) is 1. The standard InChI is InChI=1S/C22H18Cl2F3N5O2S/c1-12-4-6-14(22(25,26)27)18(24)19(12)32-20(29-30-31-32)35-11-17(33)28-16-7-5-13(10-15(16)23)8-9-21(2,3)34/h4-7,10,34H,11H2,1-3H3,(H,28,33). The molecule has 2 aromatic carbocycles. The molecule has 0 atom stereocenters. The fraction of sp³-hybridized carbons (Fsp3) is 0.273. The molecule has 0 aliphatic rings. The van der Waals surface area contributed by atoms with Crippen LogP contribution in [0.25, 0.3) is 5.69 Å². The highest BCUT2D eigenvalue weighted by atomic mass is 35.5. The molecule has 0 fully saturated rings. The number of amides is 1. The lowest BCUT2D eigenvalue weighted by Crippen LogP contribution is -2.15. The molecule has 0 radical (unpaired) electrons. The van der Waals surface area contributed by atoms with Crippen molar-refractivity contribution in [1.29, 1.82) is 0 Å². The Bertz CT molecular complexity index is 1330. The lowest BCUT2D eigenvalue weighted by atomic mass is 10.1. The predicted molar refractivity (Wildman–Crippen MR) is 128 cm³/mol. The third-order valence-corrected chi connectivity index (χ3v) is 5.98. The number of benzene rings is 2. The normalized spacial score (nSPS) is 11.7. The topological polar surface area (TPSA) is 92.9 Å². The van der Waals surface area contributed by atoms with Gasteiger partial charge in [-0.2, -0.15) is 17.9 Å². The van der Waals surface area contributed by atoms with E-state index in [1.54, 1.807) is 39.0 Å². The summed E-state index contributed by atoms with van der Waals surface area (Å²) < 4.78 is 40.9. The minimum Gasteiger partial charge on any atom is -0.378 e. The minimum absolute atomic E-state index is 0.0276. The number of carbonyl (C=O) groups is 1. The molecule has 3 rings (SSSR count). The number of tetrazole rings is 1. The second-order valence-electron chi connectivity index (χ2n) is 7.80. The van der Waals surface area contributed by atoms with E-state index in [0.717, 1.165) is 22.5 Å². The molecule has 1 heterocycles. The van der Waals surface area contributed by atoms with Crippen LogP contribution in [0, 0.1) is 18.8 Å². The number of halogens is 5. The Hall–Kier alpha value is -2.78. The van der Waals surface area contributed by atoms with E-state index in [1.807, 2.05) is 0 Å². The van der Waals surface area contributed by atoms with Crippen molar-refractivity contribution in [2.75, 3.05) is 11.1 Å². The maximum absolute atomic E-state index is 13.3. The Balaban J connectivity index is 1.74. The Morgan fingerprint density at radius 2 is 1.94 bits per heavy atom. The first-order valence-corrected chi connectivity index (χ1v) is 11.6. The van der Waals surface area contributed by atoms with Gasteiger partial charge >= 0.3 is 6.18 Å². The summed E-state index contributed by atoms with van der Waals surface area (Å²) >= 11 is 13.2. The van der Waals surface area contributed by atoms with Crippen molar-refractivity contribution >= 4 is 46.6 Å². The van der Waals surface area contributed by atoms with Crippen LogP contribution in [0.2, 0.25) is 10.0 Å². The first kappa shape index (κ1) is 26.8. The van der Waals surface area contributed by atoms with E-state index < -0.39 is 28.3 Å². The summed E-state index contributed by atoms with van der Waals surface area (Å²) in [4.78, 5) is 12.5. The zero-order valence-electron chi connectivity index (χ0n) is 18.5. The first-order valence-electron chi connectivity index (χ1n) is 9.89. The highest BCUT2D eigenvalue weighted by Crippen LogP contribution is 2.39. The molecular weight excluding hydrogens is 526 g/mol. The molecule has 1 amide bonds. The Labute approximate surface area is 213 Å². The van der Waals surface area contributed by atoms with Crippen molar-refractivity contribution in [3.8, 4) is 17.5 Å². The third-order valence-electron chi connectivity index (χ3n) is 4.36. The lowest BCUT2D eigenvalue weighted by molar-refractivity contribution is -0.137. The molecule has 1 aromatic heterocycles. The molecule has 0 spiro atoms. The van der Waals surface area contributed by atoms with Gasteiger partial charge in [-0.3, -0.25) is 4.79 Å². The van der Waals surface area contributed by atoms with Crippen LogP contribution >= 0.6 is 35.0 Å². The monoisotopic (exact) mass is 543 g/mol. The smallest absolute Gasteiger partial charge is 0.378 e. The van der Waals surface area contributed by atoms with Gasteiger partial charge in [0, 0.05) is 5.56 Å². The van der Waals surface area contributed by atoms with Crippen LogP contribution in [0.3, 0.4) is 0 Å². The third kappa shape index (κ3) is 6.89. The summed E-state index contributed by atoms with van der Waals surface area (Å²) in [6.45, 7) is 4.67. The zero-order valence-corrected chi connectivity index (χ0v) is 20.9. The van der Waals surface area contributed by atoms with E-state index in [4.69, 9.17) is 23.2 Å². The lowest BCUT2D eigenvalue weighted by Gasteiger charge is -2.15. The van der Waals surface area contributed by atoms with E-state index in [-0.39, 0.29) is 21.6 Å². The number of rotatable bonds is 5. The number of anilines is 1. The van der Waals surface area contributed by atoms with Crippen LogP contribution in [0.4, 0.5) is 18.9 Å². The number of aryl methyl sites for hydroxylation is 1. The van der Waals surface area contributed by atoms with Gasteiger partial charge in [0.15, 0.2) is 0 Å². The molecular formula is C22H18Cl2F3N5O2S. The number of nitrogens with zero attached hydrogens (tertiary/aromatic N) is 4. The first-order chi connectivity index (χ1) is 16.3. The molecule has 0 saturated carbocycles. The Kier molecular flexibility index (Phi) is 8.01. The molecule has 0 aliphatic heterocycles. The van der Waals surface area contributed by atoms with Crippen LogP contribution < -0.4 is 5.32 Å². The Morgan fingerprint density at radius 1 is 1.23 bits per heavy atom. The summed E-state index contributed by atoms with van der Waals surface area (Å²) in [5.41, 5.74) is -0.905. The van der Waals surface area contributed by atoms with E-state index in [1.165, 1.54) is 6.07 Å². The van der Waals surface area contributed by atoms with Crippen LogP contribution in [0.5, 0.6) is 0 Å². The van der Waals surface area contributed by atoms with E-state index >= 15 is 0 Å². The maximum Gasteiger partial charge on any atom is 0.417 e. The van der Waals surface area contributed by atoms with Gasteiger partial charge in [0.1, 0.15) is 5.60 Å². The maximum atomic E-state index is 13.3. The van der Waals surface area contributed by atoms with Gasteiger partial charge < -0.3 is 10.4 Å². The van der Waals surface area contributed by atoms with Gasteiger partial charge in [0.05, 0.1) is 32.7 Å². The fourth-order valence-corrected chi connectivity index (χ4v) is 4.09. The minimum atomic E-state index is -4.66. The number of aromatic nitrogens is 4. The number of alkyl halides is 3. The van der Waals surface area contributed by atoms with E-state index in [0.29, 0.717) is 16.8 Å². The fourth-order valence-electron chi connectivity index (χ4n) is 2.79. The summed E-state index contributed by atoms with van der Waals surface area (Å²) in [5.74, 6) is 4.84. The van der Waals surface area contributed by atoms with Crippen LogP contribution in [0.15, 0.2) is 35.5 Å². The average molecular weight is 544 g/mol. The number of hydrogen-bond donors (Lipinski definition) is 2. The van der Waals surface area contributed by atoms with Gasteiger partial charge in [-0.05, 0) is 61.0 Å². The molecule has 0 bridgehead atoms. The van der Waals surface area contributed by atoms with E-state index in [2.05, 4.69) is 32.7 Å². The van der Waals surface area contributed by atoms with Crippen LogP contribution in [0.1, 0.15) is 30.5 Å². The molecule has 7 nitrogen and oxygen atoms in total. The number of thioether (sulfide) groups is 1. The van der Waals surface area contributed by atoms with Crippen molar-refractivity contribution in [3.05, 3.63) is 57.1 Å². The SMILES string of the molecule is Cc1ccc(C(F)(F)F)c(Cl)c1-n1nnnc1SCC(=O)Nc1ccc(C#CC(C)(C)O)cc1Cl. The summed E-state index contributed by atoms with van der Waals surface area (Å²) in [6, 6.07) is 6.89. The van der Waals surface area contributed by atoms with Crippen molar-refractivity contribution < 1.29 is 23.1 Å². The molecule has 0 aliphatic carbocycles. The molecule has 184 valence electrons. The van der Waals surface area contributed by atoms with E-state index in [9.17, 15) is 23.1 Å². The molecule has 13 heteroatoms. The van der Waals surface area contributed by atoms with Crippen molar-refractivity contribution in [2.45, 2.75) is 37.7 Å². The van der Waals surface area contributed by atoms with Crippen LogP contribution in [-0.4, -0.2) is 42.6 Å². The van der Waals surface area contributed by atoms with Crippen molar-refractivity contribution in [3.63, 3.8) is 0 Å². The van der Waals surface area contributed by atoms with Crippen LogP contribution in [-0.2, 0) is 11.0 Å². The van der Waals surface area contributed by atoms with Gasteiger partial charge in [-0.1, -0.05) is 52.9 Å². The highest BCUT2D eigenvalue weighted by Gasteiger charge is 2.35. The predicted octanol–water partition coefficient (Wildman–Crippen LogP) is 5.15. The molecule has 35 heavy (non-hydrogen) atoms. The van der Waals surface area contributed by atoms with Gasteiger partial charge in [-0.15, -0.1) is 5.10 Å². The number of hydrogen-bond acceptors (Lipinski definition) is 6. The second-order valence-corrected chi connectivity index (χ2v) is 9.53. The van der Waals surface area contributed by atoms with Crippen molar-refractivity contribution in [1.82, 2.24) is 20.2 Å². The quantitative estimate of drug-likeness (QED) is 0.341. The Morgan fingerprint density at radius 3 is 2.57 bits per heavy atom.